The van der Waals surface area contributed by atoms with E-state index in [1.807, 2.05) is 42.5 Å². The van der Waals surface area contributed by atoms with Gasteiger partial charge < -0.3 is 10.2 Å². The molecule has 1 aromatic heterocycles. The van der Waals surface area contributed by atoms with Crippen molar-refractivity contribution in [2.75, 3.05) is 0 Å². The van der Waals surface area contributed by atoms with E-state index in [-0.39, 0.29) is 12.3 Å². The fraction of sp³-hybridized carbons (Fsp3) is 0.100. The SMILES string of the molecule is Clc1ccccc1[C@H]1Oc2ccccc2[C@@H]2C=C(c3cccs3)NN12. The number of para-hydroxylation sites is 1. The smallest absolute Gasteiger partial charge is 0.197 e. The second kappa shape index (κ2) is 5.92. The van der Waals surface area contributed by atoms with Gasteiger partial charge in [0.1, 0.15) is 5.75 Å². The molecule has 0 unspecified atom stereocenters. The second-order valence-electron chi connectivity index (χ2n) is 6.05. The normalized spacial score (nSPS) is 21.7. The lowest BCUT2D eigenvalue weighted by atomic mass is 10.0. The summed E-state index contributed by atoms with van der Waals surface area (Å²) in [6.45, 7) is 0. The molecule has 25 heavy (non-hydrogen) atoms. The van der Waals surface area contributed by atoms with Crippen LogP contribution in [0.2, 0.25) is 5.02 Å². The van der Waals surface area contributed by atoms with E-state index in [4.69, 9.17) is 16.3 Å². The molecule has 3 aromatic rings. The van der Waals surface area contributed by atoms with Crippen molar-refractivity contribution in [2.45, 2.75) is 12.3 Å². The maximum absolute atomic E-state index is 6.46. The number of halogens is 1. The monoisotopic (exact) mass is 366 g/mol. The molecule has 3 heterocycles. The molecule has 0 fully saturated rings. The van der Waals surface area contributed by atoms with Gasteiger partial charge in [-0.1, -0.05) is 54.1 Å². The minimum atomic E-state index is -0.290. The zero-order valence-corrected chi connectivity index (χ0v) is 14.8. The quantitative estimate of drug-likeness (QED) is 0.657. The summed E-state index contributed by atoms with van der Waals surface area (Å²) in [4.78, 5) is 1.21. The lowest BCUT2D eigenvalue weighted by Gasteiger charge is -2.39. The van der Waals surface area contributed by atoms with Crippen LogP contribution in [0.1, 0.15) is 28.3 Å². The summed E-state index contributed by atoms with van der Waals surface area (Å²) in [5, 5.41) is 4.93. The van der Waals surface area contributed by atoms with Gasteiger partial charge in [-0.2, -0.15) is 5.01 Å². The summed E-state index contributed by atoms with van der Waals surface area (Å²) in [7, 11) is 0. The third-order valence-corrected chi connectivity index (χ3v) is 5.81. The van der Waals surface area contributed by atoms with Crippen LogP contribution in [0, 0.1) is 0 Å². The Hall–Kier alpha value is -2.27. The van der Waals surface area contributed by atoms with Crippen LogP contribution in [0.3, 0.4) is 0 Å². The van der Waals surface area contributed by atoms with Gasteiger partial charge in [0.15, 0.2) is 6.23 Å². The molecule has 3 nitrogen and oxygen atoms in total. The van der Waals surface area contributed by atoms with Gasteiger partial charge in [-0.25, -0.2) is 0 Å². The van der Waals surface area contributed by atoms with Crippen LogP contribution in [0.4, 0.5) is 0 Å². The van der Waals surface area contributed by atoms with Crippen molar-refractivity contribution >= 4 is 28.6 Å². The Balaban J connectivity index is 1.62. The number of hydrogen-bond acceptors (Lipinski definition) is 4. The largest absolute Gasteiger partial charge is 0.469 e. The van der Waals surface area contributed by atoms with E-state index in [9.17, 15) is 0 Å². The molecule has 0 bridgehead atoms. The molecule has 0 saturated carbocycles. The van der Waals surface area contributed by atoms with E-state index >= 15 is 0 Å². The molecule has 0 spiro atoms. The first kappa shape index (κ1) is 15.0. The molecule has 5 rings (SSSR count). The number of hydrazine groups is 1. The van der Waals surface area contributed by atoms with Crippen LogP contribution in [0.15, 0.2) is 72.1 Å². The zero-order chi connectivity index (χ0) is 16.8. The van der Waals surface area contributed by atoms with Crippen molar-refractivity contribution in [2.24, 2.45) is 0 Å². The maximum Gasteiger partial charge on any atom is 0.197 e. The van der Waals surface area contributed by atoms with Crippen molar-refractivity contribution in [3.63, 3.8) is 0 Å². The second-order valence-corrected chi connectivity index (χ2v) is 7.41. The minimum absolute atomic E-state index is 0.100. The van der Waals surface area contributed by atoms with Gasteiger partial charge in [0.05, 0.1) is 16.6 Å². The molecular weight excluding hydrogens is 352 g/mol. The Morgan fingerprint density at radius 1 is 0.960 bits per heavy atom. The number of ether oxygens (including phenoxy) is 1. The number of benzene rings is 2. The first-order chi connectivity index (χ1) is 12.3. The third-order valence-electron chi connectivity index (χ3n) is 4.56. The van der Waals surface area contributed by atoms with Gasteiger partial charge in [-0.3, -0.25) is 0 Å². The highest BCUT2D eigenvalue weighted by atomic mass is 35.5. The Bertz CT molecular complexity index is 954. The fourth-order valence-corrected chi connectivity index (χ4v) is 4.33. The molecule has 0 radical (unpaired) electrons. The average molecular weight is 367 g/mol. The highest BCUT2D eigenvalue weighted by Gasteiger charge is 2.40. The predicted molar refractivity (Wildman–Crippen MR) is 101 cm³/mol. The van der Waals surface area contributed by atoms with Crippen molar-refractivity contribution in [3.8, 4) is 5.75 Å². The van der Waals surface area contributed by atoms with Gasteiger partial charge in [0, 0.05) is 16.1 Å². The summed E-state index contributed by atoms with van der Waals surface area (Å²) < 4.78 is 6.33. The van der Waals surface area contributed by atoms with Gasteiger partial charge in [-0.15, -0.1) is 11.3 Å². The molecule has 0 amide bonds. The average Bonchev–Trinajstić information content (AvgIpc) is 3.31. The van der Waals surface area contributed by atoms with Gasteiger partial charge in [0.2, 0.25) is 0 Å². The number of nitrogens with one attached hydrogen (secondary N) is 1. The van der Waals surface area contributed by atoms with E-state index in [1.54, 1.807) is 11.3 Å². The molecular formula is C20H15ClN2OS. The van der Waals surface area contributed by atoms with E-state index in [0.29, 0.717) is 5.02 Å². The van der Waals surface area contributed by atoms with Crippen LogP contribution >= 0.6 is 22.9 Å². The van der Waals surface area contributed by atoms with Crippen LogP contribution in [-0.4, -0.2) is 5.01 Å². The van der Waals surface area contributed by atoms with E-state index in [0.717, 1.165) is 22.6 Å². The van der Waals surface area contributed by atoms with Crippen LogP contribution < -0.4 is 10.2 Å². The molecule has 124 valence electrons. The topological polar surface area (TPSA) is 24.5 Å². The molecule has 2 aliphatic heterocycles. The predicted octanol–water partition coefficient (Wildman–Crippen LogP) is 5.40. The van der Waals surface area contributed by atoms with E-state index in [1.165, 1.54) is 4.88 Å². The van der Waals surface area contributed by atoms with Gasteiger partial charge in [-0.05, 0) is 29.7 Å². The van der Waals surface area contributed by atoms with Crippen LogP contribution in [0.25, 0.3) is 5.70 Å². The van der Waals surface area contributed by atoms with Crippen molar-refractivity contribution in [1.29, 1.82) is 0 Å². The van der Waals surface area contributed by atoms with E-state index < -0.39 is 0 Å². The molecule has 5 heteroatoms. The molecule has 2 atom stereocenters. The van der Waals surface area contributed by atoms with Gasteiger partial charge >= 0.3 is 0 Å². The highest BCUT2D eigenvalue weighted by Crippen LogP contribution is 2.47. The van der Waals surface area contributed by atoms with E-state index in [2.05, 4.69) is 40.1 Å². The summed E-state index contributed by atoms with van der Waals surface area (Å²) in [6.07, 6.45) is 1.97. The Labute approximate surface area is 155 Å². The number of thiophene rings is 1. The molecule has 0 saturated heterocycles. The first-order valence-corrected chi connectivity index (χ1v) is 9.38. The molecule has 2 aromatic carbocycles. The van der Waals surface area contributed by atoms with Crippen molar-refractivity contribution in [3.05, 3.63) is 93.1 Å². The molecule has 1 N–H and O–H groups in total. The van der Waals surface area contributed by atoms with Crippen LogP contribution in [-0.2, 0) is 0 Å². The number of hydrogen-bond donors (Lipinski definition) is 1. The fourth-order valence-electron chi connectivity index (χ4n) is 3.40. The lowest BCUT2D eigenvalue weighted by molar-refractivity contribution is -0.0325. The Morgan fingerprint density at radius 2 is 1.76 bits per heavy atom. The zero-order valence-electron chi connectivity index (χ0n) is 13.2. The Kier molecular flexibility index (Phi) is 3.55. The summed E-state index contributed by atoms with van der Waals surface area (Å²) >= 11 is 8.18. The Morgan fingerprint density at radius 3 is 2.56 bits per heavy atom. The van der Waals surface area contributed by atoms with Gasteiger partial charge in [0.25, 0.3) is 0 Å². The molecule has 0 aliphatic carbocycles. The maximum atomic E-state index is 6.46. The van der Waals surface area contributed by atoms with Crippen LogP contribution in [0.5, 0.6) is 5.75 Å². The number of fused-ring (bicyclic) bond motifs is 3. The molecule has 2 aliphatic rings. The lowest BCUT2D eigenvalue weighted by Crippen LogP contribution is -2.43. The summed E-state index contributed by atoms with van der Waals surface area (Å²) in [6, 6.07) is 20.3. The number of nitrogens with zero attached hydrogens (tertiary/aromatic N) is 1. The standard InChI is InChI=1S/C20H15ClN2OS/c21-15-8-3-1-6-13(15)20-23-17(14-7-2-4-9-18(14)24-20)12-16(22-23)19-10-5-11-25-19/h1-12,17,20,22H/t17-,20+/m0/s1. The van der Waals surface area contributed by atoms with Crippen molar-refractivity contribution < 1.29 is 4.74 Å². The van der Waals surface area contributed by atoms with Crippen molar-refractivity contribution in [1.82, 2.24) is 10.4 Å². The summed E-state index contributed by atoms with van der Waals surface area (Å²) in [5.41, 5.74) is 6.75. The third kappa shape index (κ3) is 2.45. The summed E-state index contributed by atoms with van der Waals surface area (Å²) in [5.74, 6) is 0.902. The number of rotatable bonds is 2. The minimum Gasteiger partial charge on any atom is -0.469 e. The first-order valence-electron chi connectivity index (χ1n) is 8.12. The highest BCUT2D eigenvalue weighted by molar-refractivity contribution is 7.11.